The van der Waals surface area contributed by atoms with Crippen LogP contribution < -0.4 is 5.32 Å². The number of hydrogen-bond donors (Lipinski definition) is 1. The van der Waals surface area contributed by atoms with Gasteiger partial charge >= 0.3 is 0 Å². The monoisotopic (exact) mass is 342 g/mol. The Morgan fingerprint density at radius 2 is 2.12 bits per heavy atom. The van der Waals surface area contributed by atoms with Gasteiger partial charge < -0.3 is 5.32 Å². The Hall–Kier alpha value is -3.03. The number of hydrogen-bond acceptors (Lipinski definition) is 4. The maximum absolute atomic E-state index is 13.7. The van der Waals surface area contributed by atoms with Crippen LogP contribution in [0.3, 0.4) is 0 Å². The van der Waals surface area contributed by atoms with Crippen LogP contribution in [0.5, 0.6) is 0 Å². The lowest BCUT2D eigenvalue weighted by molar-refractivity contribution is 0.0932. The minimum Gasteiger partial charge on any atom is -0.348 e. The second kappa shape index (κ2) is 7.69. The van der Waals surface area contributed by atoms with Crippen LogP contribution in [0.15, 0.2) is 48.9 Å². The summed E-state index contributed by atoms with van der Waals surface area (Å²) >= 11 is 0. The molecular formula is C17H19FN6O. The van der Waals surface area contributed by atoms with E-state index in [0.29, 0.717) is 12.1 Å². The van der Waals surface area contributed by atoms with E-state index in [0.717, 1.165) is 6.42 Å². The Bertz CT molecular complexity index is 829. The van der Waals surface area contributed by atoms with Gasteiger partial charge in [-0.25, -0.2) is 9.07 Å². The van der Waals surface area contributed by atoms with Crippen molar-refractivity contribution in [3.63, 3.8) is 0 Å². The third-order valence-electron chi connectivity index (χ3n) is 3.79. The van der Waals surface area contributed by atoms with Crippen LogP contribution in [0.4, 0.5) is 4.39 Å². The first kappa shape index (κ1) is 16.8. The molecule has 2 aromatic heterocycles. The highest BCUT2D eigenvalue weighted by atomic mass is 19.1. The number of carbonyl (C=O) groups excluding carboxylic acids is 1. The molecule has 3 rings (SSSR count). The van der Waals surface area contributed by atoms with Crippen molar-refractivity contribution in [3.8, 4) is 0 Å². The molecule has 0 aliphatic heterocycles. The minimum absolute atomic E-state index is 0.0339. The lowest BCUT2D eigenvalue weighted by Crippen LogP contribution is -2.33. The molecule has 0 unspecified atom stereocenters. The molecule has 0 aliphatic carbocycles. The van der Waals surface area contributed by atoms with Gasteiger partial charge in [0.05, 0.1) is 12.7 Å². The first-order valence-electron chi connectivity index (χ1n) is 8.03. The summed E-state index contributed by atoms with van der Waals surface area (Å²) in [5, 5.41) is 14.8. The van der Waals surface area contributed by atoms with Crippen molar-refractivity contribution in [3.05, 3.63) is 66.0 Å². The van der Waals surface area contributed by atoms with Crippen LogP contribution in [0.25, 0.3) is 0 Å². The summed E-state index contributed by atoms with van der Waals surface area (Å²) in [5.41, 5.74) is 0.703. The molecule has 0 bridgehead atoms. The van der Waals surface area contributed by atoms with Crippen molar-refractivity contribution < 1.29 is 9.18 Å². The maximum atomic E-state index is 13.7. The summed E-state index contributed by atoms with van der Waals surface area (Å²) < 4.78 is 16.9. The highest BCUT2D eigenvalue weighted by Crippen LogP contribution is 2.08. The van der Waals surface area contributed by atoms with Gasteiger partial charge in [-0.3, -0.25) is 9.48 Å². The van der Waals surface area contributed by atoms with E-state index < -0.39 is 0 Å². The largest absolute Gasteiger partial charge is 0.348 e. The summed E-state index contributed by atoms with van der Waals surface area (Å²) in [5.74, 6) is -0.607. The van der Waals surface area contributed by atoms with Crippen LogP contribution in [0.2, 0.25) is 0 Å². The summed E-state index contributed by atoms with van der Waals surface area (Å²) in [7, 11) is 0. The van der Waals surface area contributed by atoms with Gasteiger partial charge in [0.1, 0.15) is 5.82 Å². The molecule has 1 N–H and O–H groups in total. The number of aromatic nitrogens is 5. The molecule has 1 amide bonds. The molecule has 0 spiro atoms. The Morgan fingerprint density at radius 1 is 1.28 bits per heavy atom. The van der Waals surface area contributed by atoms with Gasteiger partial charge in [-0.1, -0.05) is 23.4 Å². The summed E-state index contributed by atoms with van der Waals surface area (Å²) in [4.78, 5) is 12.2. The Kier molecular flexibility index (Phi) is 5.17. The van der Waals surface area contributed by atoms with E-state index in [2.05, 4.69) is 20.7 Å². The van der Waals surface area contributed by atoms with Gasteiger partial charge in [0.15, 0.2) is 5.69 Å². The topological polar surface area (TPSA) is 77.6 Å². The van der Waals surface area contributed by atoms with E-state index in [1.165, 1.54) is 16.9 Å². The average Bonchev–Trinajstić information content (AvgIpc) is 3.27. The van der Waals surface area contributed by atoms with Crippen molar-refractivity contribution in [2.75, 3.05) is 0 Å². The molecule has 1 atom stereocenters. The molecule has 0 aliphatic rings. The fourth-order valence-corrected chi connectivity index (χ4v) is 2.41. The summed E-state index contributed by atoms with van der Waals surface area (Å²) in [6.07, 6.45) is 5.86. The van der Waals surface area contributed by atoms with Gasteiger partial charge in [-0.05, 0) is 25.5 Å². The zero-order valence-corrected chi connectivity index (χ0v) is 13.8. The predicted molar refractivity (Wildman–Crippen MR) is 89.3 cm³/mol. The Morgan fingerprint density at radius 3 is 2.88 bits per heavy atom. The fraction of sp³-hybridized carbons (Fsp3) is 0.294. The quantitative estimate of drug-likeness (QED) is 0.711. The Balaban J connectivity index is 1.54. The first-order valence-corrected chi connectivity index (χ1v) is 8.03. The molecule has 25 heavy (non-hydrogen) atoms. The molecular weight excluding hydrogens is 323 g/mol. The van der Waals surface area contributed by atoms with E-state index in [1.807, 2.05) is 23.9 Å². The molecule has 1 aromatic carbocycles. The number of carbonyl (C=O) groups is 1. The van der Waals surface area contributed by atoms with Gasteiger partial charge in [0.2, 0.25) is 0 Å². The number of nitrogens with zero attached hydrogens (tertiary/aromatic N) is 5. The number of amides is 1. The third-order valence-corrected chi connectivity index (χ3v) is 3.79. The molecule has 8 heteroatoms. The highest BCUT2D eigenvalue weighted by Gasteiger charge is 2.14. The molecule has 3 aromatic rings. The Labute approximate surface area is 144 Å². The molecule has 0 saturated heterocycles. The van der Waals surface area contributed by atoms with E-state index >= 15 is 0 Å². The van der Waals surface area contributed by atoms with Crippen LogP contribution in [-0.2, 0) is 13.1 Å². The zero-order valence-electron chi connectivity index (χ0n) is 13.8. The normalized spacial score (nSPS) is 12.1. The lowest BCUT2D eigenvalue weighted by Gasteiger charge is -2.12. The standard InChI is InChI=1S/C17H19FN6O/c1-13(7-10-23-9-4-8-19-23)20-17(25)16-12-24(22-21-16)11-14-5-2-3-6-15(14)18/h2-6,8-9,12-13H,7,10-11H2,1H3,(H,20,25)/t13-/m1/s1. The number of nitrogens with one attached hydrogen (secondary N) is 1. The molecule has 130 valence electrons. The van der Waals surface area contributed by atoms with E-state index in [1.54, 1.807) is 24.4 Å². The predicted octanol–water partition coefficient (Wildman–Crippen LogP) is 1.87. The third kappa shape index (κ3) is 4.50. The van der Waals surface area contributed by atoms with Crippen molar-refractivity contribution in [2.24, 2.45) is 0 Å². The van der Waals surface area contributed by atoms with Crippen LogP contribution in [0.1, 0.15) is 29.4 Å². The van der Waals surface area contributed by atoms with E-state index in [9.17, 15) is 9.18 Å². The van der Waals surface area contributed by atoms with Gasteiger partial charge in [-0.15, -0.1) is 5.10 Å². The summed E-state index contributed by atoms with van der Waals surface area (Å²) in [6.45, 7) is 2.86. The molecule has 7 nitrogen and oxygen atoms in total. The van der Waals surface area contributed by atoms with Crippen LogP contribution in [-0.4, -0.2) is 36.7 Å². The maximum Gasteiger partial charge on any atom is 0.273 e. The molecule has 0 saturated carbocycles. The lowest BCUT2D eigenvalue weighted by atomic mass is 10.2. The fourth-order valence-electron chi connectivity index (χ4n) is 2.41. The van der Waals surface area contributed by atoms with Crippen LogP contribution in [0, 0.1) is 5.82 Å². The molecule has 0 radical (unpaired) electrons. The number of rotatable bonds is 7. The highest BCUT2D eigenvalue weighted by molar-refractivity contribution is 5.92. The first-order chi connectivity index (χ1) is 12.1. The SMILES string of the molecule is C[C@H](CCn1cccn1)NC(=O)c1cn(Cc2ccccc2F)nn1. The molecule has 0 fully saturated rings. The molecule has 2 heterocycles. The second-order valence-corrected chi connectivity index (χ2v) is 5.83. The van der Waals surface area contributed by atoms with E-state index in [4.69, 9.17) is 0 Å². The number of aryl methyl sites for hydroxylation is 1. The van der Waals surface area contributed by atoms with Gasteiger partial charge in [-0.2, -0.15) is 5.10 Å². The van der Waals surface area contributed by atoms with Crippen molar-refractivity contribution in [2.45, 2.75) is 32.5 Å². The van der Waals surface area contributed by atoms with Gasteiger partial charge in [0.25, 0.3) is 5.91 Å². The average molecular weight is 342 g/mol. The number of benzene rings is 1. The van der Waals surface area contributed by atoms with Gasteiger partial charge in [0, 0.05) is 30.5 Å². The smallest absolute Gasteiger partial charge is 0.273 e. The zero-order chi connectivity index (χ0) is 17.6. The van der Waals surface area contributed by atoms with Crippen molar-refractivity contribution >= 4 is 5.91 Å². The van der Waals surface area contributed by atoms with Crippen molar-refractivity contribution in [1.29, 1.82) is 0 Å². The van der Waals surface area contributed by atoms with Crippen molar-refractivity contribution in [1.82, 2.24) is 30.1 Å². The second-order valence-electron chi connectivity index (χ2n) is 5.83. The van der Waals surface area contributed by atoms with Crippen LogP contribution >= 0.6 is 0 Å². The van der Waals surface area contributed by atoms with E-state index in [-0.39, 0.29) is 30.0 Å². The summed E-state index contributed by atoms with van der Waals surface area (Å²) in [6, 6.07) is 8.27. The number of halogens is 1. The minimum atomic E-state index is -0.309.